The van der Waals surface area contributed by atoms with E-state index in [2.05, 4.69) is 72.7 Å². The minimum Gasteiger partial charge on any atom is -0.459 e. The molecule has 0 aliphatic carbocycles. The molecule has 1 saturated heterocycles. The van der Waals surface area contributed by atoms with Gasteiger partial charge in [-0.3, -0.25) is 7.05 Å². The first-order valence-electron chi connectivity index (χ1n) is 7.61. The summed E-state index contributed by atoms with van der Waals surface area (Å²) in [6.07, 6.45) is 0.956. The molecule has 132 valence electrons. The number of methoxy groups -OCH3 is 1. The molecule has 1 aromatic heterocycles. The summed E-state index contributed by atoms with van der Waals surface area (Å²) < 4.78 is 5.71. The van der Waals surface area contributed by atoms with Gasteiger partial charge in [-0.05, 0) is 36.2 Å². The fourth-order valence-corrected chi connectivity index (χ4v) is 3.41. The third-order valence-electron chi connectivity index (χ3n) is 4.31. The number of aromatic nitrogens is 4. The third-order valence-corrected chi connectivity index (χ3v) is 4.53. The second kappa shape index (κ2) is 9.72. The molecule has 3 rings (SSSR count). The molecule has 1 aromatic carbocycles. The molecule has 6 nitrogen and oxygen atoms in total. The number of hydrogen-bond donors (Lipinski definition) is 0. The number of likely N-dealkylation sites (tertiary alicyclic amines) is 1. The number of hydrogen-bond acceptors (Lipinski definition) is 5. The van der Waals surface area contributed by atoms with Gasteiger partial charge in [0, 0.05) is 44.7 Å². The fraction of sp³-hybridized carbons (Fsp3) is 0.500. The smallest absolute Gasteiger partial charge is 0.185 e. The van der Waals surface area contributed by atoms with Crippen LogP contribution in [-0.2, 0) is 31.2 Å². The quantitative estimate of drug-likeness (QED) is 0.450. The molecule has 2 aromatic rings. The van der Waals surface area contributed by atoms with Crippen molar-refractivity contribution in [3.05, 3.63) is 48.8 Å². The van der Waals surface area contributed by atoms with Crippen molar-refractivity contribution in [1.29, 1.82) is 0 Å². The number of ether oxygens (including phenoxy) is 1. The van der Waals surface area contributed by atoms with Crippen LogP contribution in [0.1, 0.15) is 24.7 Å². The molecule has 2 heterocycles. The Labute approximate surface area is 160 Å². The first-order valence-corrected chi connectivity index (χ1v) is 8.13. The summed E-state index contributed by atoms with van der Waals surface area (Å²) in [7, 11) is 9.77. The normalized spacial score (nSPS) is 23.8. The van der Waals surface area contributed by atoms with E-state index in [4.69, 9.17) is 0 Å². The summed E-state index contributed by atoms with van der Waals surface area (Å²) in [5, 5.41) is 12.8. The Kier molecular flexibility index (Phi) is 8.65. The Bertz CT molecular complexity index is 612. The molecular formula is C16H25N5OPW-. The number of rotatable bonds is 2. The van der Waals surface area contributed by atoms with E-state index in [0.717, 1.165) is 25.3 Å². The van der Waals surface area contributed by atoms with Gasteiger partial charge in [0.25, 0.3) is 0 Å². The second-order valence-corrected chi connectivity index (χ2v) is 6.37. The van der Waals surface area contributed by atoms with Crippen molar-refractivity contribution in [2.24, 2.45) is 5.92 Å². The summed E-state index contributed by atoms with van der Waals surface area (Å²) in [5.41, 5.74) is 1.09. The Morgan fingerprint density at radius 3 is 2.42 bits per heavy atom. The Morgan fingerprint density at radius 2 is 1.92 bits per heavy atom. The van der Waals surface area contributed by atoms with E-state index in [1.165, 1.54) is 10.1 Å². The average Bonchev–Trinajstić information content (AvgIpc) is 2.96. The van der Waals surface area contributed by atoms with E-state index < -0.39 is 0 Å². The van der Waals surface area contributed by atoms with Crippen LogP contribution in [0.15, 0.2) is 30.3 Å². The number of tetrazole rings is 1. The van der Waals surface area contributed by atoms with Gasteiger partial charge in [-0.1, -0.05) is 37.3 Å². The zero-order chi connectivity index (χ0) is 16.9. The molecular weight excluding hydrogens is 493 g/mol. The standard InChI is InChI=1S/C14H19N5P.C2H6O.W/c1-11-10-18(2)9-8-14(11,12-6-4-3-5-7-12)13-15-17-19(20)16-13;1-3-2;/h3-7,11H,2,8-10,20H2,1H3;1-2H3;/q-1;;. The molecule has 8 heteroatoms. The molecule has 24 heavy (non-hydrogen) atoms. The molecule has 1 fully saturated rings. The van der Waals surface area contributed by atoms with E-state index in [0.29, 0.717) is 5.92 Å². The first-order chi connectivity index (χ1) is 11.0. The minimum absolute atomic E-state index is 0. The van der Waals surface area contributed by atoms with E-state index >= 15 is 0 Å². The van der Waals surface area contributed by atoms with Crippen molar-refractivity contribution in [3.8, 4) is 0 Å². The second-order valence-electron chi connectivity index (χ2n) is 5.91. The molecule has 1 aliphatic rings. The zero-order valence-corrected chi connectivity index (χ0v) is 18.5. The van der Waals surface area contributed by atoms with Crippen LogP contribution >= 0.6 is 9.39 Å². The Hall–Kier alpha value is -0.672. The SMILES string of the molecule is COC.[CH2-]N1CCC(c2ccccc2)(c2nnn(P)n2)C(C)C1.[W]. The molecule has 3 unspecified atom stereocenters. The van der Waals surface area contributed by atoms with Gasteiger partial charge in [0.15, 0.2) is 5.82 Å². The van der Waals surface area contributed by atoms with Crippen molar-refractivity contribution < 1.29 is 25.8 Å². The minimum atomic E-state index is -0.176. The summed E-state index contributed by atoms with van der Waals surface area (Å²) in [4.78, 5) is 2.12. The van der Waals surface area contributed by atoms with Crippen LogP contribution in [0.2, 0.25) is 0 Å². The maximum Gasteiger partial charge on any atom is 0.185 e. The Balaban J connectivity index is 0.000000671. The van der Waals surface area contributed by atoms with Gasteiger partial charge in [-0.15, -0.1) is 10.2 Å². The van der Waals surface area contributed by atoms with E-state index in [1.807, 2.05) is 6.07 Å². The average molecular weight is 518 g/mol. The third kappa shape index (κ3) is 4.49. The fourth-order valence-electron chi connectivity index (χ4n) is 3.24. The van der Waals surface area contributed by atoms with Crippen LogP contribution in [0.25, 0.3) is 0 Å². The van der Waals surface area contributed by atoms with Gasteiger partial charge in [-0.2, -0.15) is 4.57 Å². The molecule has 0 bridgehead atoms. The maximum atomic E-state index is 4.48. The van der Waals surface area contributed by atoms with Gasteiger partial charge in [0.2, 0.25) is 0 Å². The monoisotopic (exact) mass is 518 g/mol. The summed E-state index contributed by atoms with van der Waals surface area (Å²) in [6, 6.07) is 10.5. The molecule has 3 atom stereocenters. The first kappa shape index (κ1) is 21.4. The summed E-state index contributed by atoms with van der Waals surface area (Å²) in [5.74, 6) is 1.18. The summed E-state index contributed by atoms with van der Waals surface area (Å²) in [6.45, 7) is 4.11. The number of piperidine rings is 1. The molecule has 0 amide bonds. The molecule has 1 aliphatic heterocycles. The Morgan fingerprint density at radius 1 is 1.29 bits per heavy atom. The predicted octanol–water partition coefficient (Wildman–Crippen LogP) is 1.99. The predicted molar refractivity (Wildman–Crippen MR) is 93.8 cm³/mol. The van der Waals surface area contributed by atoms with Gasteiger partial charge < -0.3 is 9.64 Å². The van der Waals surface area contributed by atoms with Gasteiger partial charge in [-0.25, -0.2) is 0 Å². The molecule has 0 spiro atoms. The van der Waals surface area contributed by atoms with Crippen LogP contribution in [-0.4, -0.2) is 52.2 Å². The van der Waals surface area contributed by atoms with Crippen LogP contribution < -0.4 is 0 Å². The van der Waals surface area contributed by atoms with Crippen molar-refractivity contribution in [3.63, 3.8) is 0 Å². The molecule has 0 N–H and O–H groups in total. The molecule has 0 radical (unpaired) electrons. The molecule has 0 saturated carbocycles. The van der Waals surface area contributed by atoms with Crippen molar-refractivity contribution in [1.82, 2.24) is 24.9 Å². The maximum absolute atomic E-state index is 4.48. The largest absolute Gasteiger partial charge is 0.459 e. The van der Waals surface area contributed by atoms with Crippen LogP contribution in [0.4, 0.5) is 0 Å². The van der Waals surface area contributed by atoms with Gasteiger partial charge in [0.05, 0.1) is 5.41 Å². The van der Waals surface area contributed by atoms with E-state index in [1.54, 1.807) is 14.2 Å². The summed E-state index contributed by atoms with van der Waals surface area (Å²) >= 11 is 0. The number of benzene rings is 1. The van der Waals surface area contributed by atoms with Crippen molar-refractivity contribution in [2.75, 3.05) is 27.3 Å². The van der Waals surface area contributed by atoms with E-state index in [9.17, 15) is 0 Å². The number of nitrogens with zero attached hydrogens (tertiary/aromatic N) is 5. The van der Waals surface area contributed by atoms with E-state index in [-0.39, 0.29) is 26.5 Å². The van der Waals surface area contributed by atoms with Crippen LogP contribution in [0.5, 0.6) is 0 Å². The van der Waals surface area contributed by atoms with Crippen molar-refractivity contribution >= 4 is 9.39 Å². The zero-order valence-electron chi connectivity index (χ0n) is 14.4. The van der Waals surface area contributed by atoms with Crippen molar-refractivity contribution in [2.45, 2.75) is 18.8 Å². The van der Waals surface area contributed by atoms with Gasteiger partial charge in [0.1, 0.15) is 0 Å². The topological polar surface area (TPSA) is 56.1 Å². The van der Waals surface area contributed by atoms with Gasteiger partial charge >= 0.3 is 0 Å². The van der Waals surface area contributed by atoms with Crippen LogP contribution in [0, 0.1) is 13.0 Å². The van der Waals surface area contributed by atoms with Crippen LogP contribution in [0.3, 0.4) is 0 Å².